The quantitative estimate of drug-likeness (QED) is 0.127. The Bertz CT molecular complexity index is 1550. The molecule has 0 aromatic heterocycles. The summed E-state index contributed by atoms with van der Waals surface area (Å²) in [6, 6.07) is 21.8. The van der Waals surface area contributed by atoms with Crippen molar-refractivity contribution in [3.63, 3.8) is 0 Å². The second kappa shape index (κ2) is 12.6. The molecule has 0 amide bonds. The maximum absolute atomic E-state index is 13.1. The first-order valence-electron chi connectivity index (χ1n) is 11.8. The summed E-state index contributed by atoms with van der Waals surface area (Å²) in [5, 5.41) is 18.4. The minimum atomic E-state index is -4.14. The molecule has 3 aromatic rings. The third kappa shape index (κ3) is 6.52. The first-order chi connectivity index (χ1) is 19.2. The van der Waals surface area contributed by atoms with Gasteiger partial charge in [0.15, 0.2) is 5.60 Å². The molecule has 13 heteroatoms. The van der Waals surface area contributed by atoms with Gasteiger partial charge in [-0.25, -0.2) is 9.80 Å². The summed E-state index contributed by atoms with van der Waals surface area (Å²) < 4.78 is 36.7. The van der Waals surface area contributed by atoms with E-state index in [1.165, 1.54) is 42.4 Å². The van der Waals surface area contributed by atoms with E-state index in [1.807, 2.05) is 30.3 Å². The molecular weight excluding hydrogens is 579 g/mol. The van der Waals surface area contributed by atoms with Crippen LogP contribution in [-0.2, 0) is 30.0 Å². The first kappa shape index (κ1) is 29.2. The number of guanidine groups is 1. The zero-order valence-electron chi connectivity index (χ0n) is 21.1. The number of hydrogen-bond acceptors (Lipinski definition) is 7. The number of hydrogen-bond donors (Lipinski definition) is 2. The summed E-state index contributed by atoms with van der Waals surface area (Å²) >= 11 is 12.1. The largest absolute Gasteiger partial charge is 0.365 e. The van der Waals surface area contributed by atoms with Crippen LogP contribution in [0.3, 0.4) is 0 Å². The monoisotopic (exact) mass is 602 g/mol. The molecule has 1 aliphatic rings. The van der Waals surface area contributed by atoms with Gasteiger partial charge >= 0.3 is 5.97 Å². The lowest BCUT2D eigenvalue weighted by atomic mass is 9.85. The van der Waals surface area contributed by atoms with E-state index in [-0.39, 0.29) is 24.0 Å². The Morgan fingerprint density at radius 3 is 2.30 bits per heavy atom. The molecule has 2 N–H and O–H groups in total. The minimum absolute atomic E-state index is 0.0169. The maximum Gasteiger partial charge on any atom is 0.365 e. The van der Waals surface area contributed by atoms with Crippen molar-refractivity contribution in [1.29, 1.82) is 0 Å². The van der Waals surface area contributed by atoms with Gasteiger partial charge in [0.2, 0.25) is 5.96 Å². The molecule has 3 aromatic carbocycles. The summed E-state index contributed by atoms with van der Waals surface area (Å²) in [6.45, 7) is -0.0668. The summed E-state index contributed by atoms with van der Waals surface area (Å²) in [6.07, 6.45) is 2.40. The van der Waals surface area contributed by atoms with Gasteiger partial charge in [-0.1, -0.05) is 71.7 Å². The molecule has 0 radical (unpaired) electrons. The average Bonchev–Trinajstić information content (AvgIpc) is 3.35. The highest BCUT2D eigenvalue weighted by Crippen LogP contribution is 2.37. The zero-order valence-corrected chi connectivity index (χ0v) is 23.4. The third-order valence-corrected chi connectivity index (χ3v) is 7.67. The second-order valence-corrected chi connectivity index (χ2v) is 10.9. The number of hydrazone groups is 1. The lowest BCUT2D eigenvalue weighted by molar-refractivity contribution is -0.228. The van der Waals surface area contributed by atoms with E-state index in [0.717, 1.165) is 6.08 Å². The van der Waals surface area contributed by atoms with Gasteiger partial charge in [-0.3, -0.25) is 4.89 Å². The molecule has 1 unspecified atom stereocenters. The molecule has 1 heterocycles. The smallest absolute Gasteiger partial charge is 0.358 e. The van der Waals surface area contributed by atoms with E-state index in [1.54, 1.807) is 24.3 Å². The molecule has 10 nitrogen and oxygen atoms in total. The Labute approximate surface area is 241 Å². The van der Waals surface area contributed by atoms with E-state index in [0.29, 0.717) is 26.9 Å². The fourth-order valence-electron chi connectivity index (χ4n) is 4.04. The SMILES string of the molecule is CN/C(=N\S(=O)(=O)c1ccc(Cl)cc1)N1CC(OC/C=C/C(=O)OO)(c2ccccc2)C(c2ccc(Cl)cc2)=N1. The van der Waals surface area contributed by atoms with E-state index in [4.69, 9.17) is 38.3 Å². The van der Waals surface area contributed by atoms with Gasteiger partial charge in [0.05, 0.1) is 18.0 Å². The highest BCUT2D eigenvalue weighted by Gasteiger charge is 2.47. The topological polar surface area (TPSA) is 130 Å². The molecule has 0 saturated heterocycles. The standard InChI is InChI=1S/C27H24Cl2N4O6S/c1-30-26(32-40(36,37)23-15-13-22(29)14-16-23)33-18-27(20-6-3-2-4-7-20,38-17-5-8-24(34)39-35)25(31-33)19-9-11-21(28)12-10-19/h2-16,35H,17-18H2,1H3,(H,30,32)/b8-5+. The van der Waals surface area contributed by atoms with Crippen LogP contribution in [0.4, 0.5) is 0 Å². The predicted octanol–water partition coefficient (Wildman–Crippen LogP) is 4.46. The molecule has 0 fully saturated rings. The Morgan fingerprint density at radius 2 is 1.70 bits per heavy atom. The van der Waals surface area contributed by atoms with Crippen molar-refractivity contribution in [2.24, 2.45) is 9.50 Å². The molecule has 0 aliphatic carbocycles. The minimum Gasteiger partial charge on any atom is -0.358 e. The van der Waals surface area contributed by atoms with Gasteiger partial charge in [0.25, 0.3) is 10.0 Å². The van der Waals surface area contributed by atoms with Gasteiger partial charge < -0.3 is 10.1 Å². The molecule has 0 spiro atoms. The van der Waals surface area contributed by atoms with Crippen molar-refractivity contribution in [1.82, 2.24) is 10.3 Å². The van der Waals surface area contributed by atoms with Gasteiger partial charge in [-0.05, 0) is 42.0 Å². The van der Waals surface area contributed by atoms with Crippen molar-refractivity contribution in [3.05, 3.63) is 112 Å². The van der Waals surface area contributed by atoms with Gasteiger partial charge in [-0.15, -0.1) is 4.40 Å². The van der Waals surface area contributed by atoms with Crippen LogP contribution in [0.5, 0.6) is 0 Å². The number of rotatable bonds is 8. The maximum atomic E-state index is 13.1. The molecule has 40 heavy (non-hydrogen) atoms. The lowest BCUT2D eigenvalue weighted by Crippen LogP contribution is -2.45. The van der Waals surface area contributed by atoms with Crippen LogP contribution in [0.15, 0.2) is 105 Å². The molecule has 0 bridgehead atoms. The van der Waals surface area contributed by atoms with Crippen molar-refractivity contribution >= 4 is 50.9 Å². The van der Waals surface area contributed by atoms with Crippen molar-refractivity contribution in [3.8, 4) is 0 Å². The van der Waals surface area contributed by atoms with Crippen molar-refractivity contribution in [2.75, 3.05) is 20.2 Å². The first-order valence-corrected chi connectivity index (χ1v) is 14.0. The molecule has 4 rings (SSSR count). The average molecular weight is 603 g/mol. The van der Waals surface area contributed by atoms with E-state index in [2.05, 4.69) is 14.6 Å². The second-order valence-electron chi connectivity index (χ2n) is 8.42. The normalized spacial score (nSPS) is 17.6. The van der Waals surface area contributed by atoms with Crippen molar-refractivity contribution in [2.45, 2.75) is 10.5 Å². The molecular formula is C27H24Cl2N4O6S. The summed E-state index contributed by atoms with van der Waals surface area (Å²) in [7, 11) is -2.61. The van der Waals surface area contributed by atoms with Gasteiger partial charge in [-0.2, -0.15) is 18.8 Å². The fourth-order valence-corrected chi connectivity index (χ4v) is 5.29. The molecule has 1 atom stereocenters. The Hall–Kier alpha value is -3.74. The van der Waals surface area contributed by atoms with Crippen LogP contribution in [0.1, 0.15) is 11.1 Å². The third-order valence-electron chi connectivity index (χ3n) is 5.89. The van der Waals surface area contributed by atoms with Gasteiger partial charge in [0.1, 0.15) is 5.71 Å². The fraction of sp³-hybridized carbons (Fsp3) is 0.148. The Balaban J connectivity index is 1.82. The Kier molecular flexibility index (Phi) is 9.23. The summed E-state index contributed by atoms with van der Waals surface area (Å²) in [5.41, 5.74) is 0.565. The molecule has 0 saturated carbocycles. The zero-order chi connectivity index (χ0) is 28.8. The van der Waals surface area contributed by atoms with Crippen LogP contribution in [0.2, 0.25) is 10.0 Å². The highest BCUT2D eigenvalue weighted by molar-refractivity contribution is 7.90. The molecule has 1 aliphatic heterocycles. The van der Waals surface area contributed by atoms with Crippen molar-refractivity contribution < 1.29 is 28.1 Å². The lowest BCUT2D eigenvalue weighted by Gasteiger charge is -2.31. The van der Waals surface area contributed by atoms with Gasteiger partial charge in [0, 0.05) is 28.7 Å². The number of carbonyl (C=O) groups is 1. The number of nitrogens with one attached hydrogen (secondary N) is 1. The van der Waals surface area contributed by atoms with E-state index < -0.39 is 21.6 Å². The molecule has 208 valence electrons. The number of benzene rings is 3. The highest BCUT2D eigenvalue weighted by atomic mass is 35.5. The van der Waals surface area contributed by atoms with E-state index in [9.17, 15) is 13.2 Å². The Morgan fingerprint density at radius 1 is 1.07 bits per heavy atom. The van der Waals surface area contributed by atoms with E-state index >= 15 is 0 Å². The predicted molar refractivity (Wildman–Crippen MR) is 152 cm³/mol. The number of sulfonamides is 1. The summed E-state index contributed by atoms with van der Waals surface area (Å²) in [4.78, 5) is 15.0. The van der Waals surface area contributed by atoms with Crippen LogP contribution >= 0.6 is 23.2 Å². The number of halogens is 2. The number of nitrogens with zero attached hydrogens (tertiary/aromatic N) is 3. The van der Waals surface area contributed by atoms with Crippen LogP contribution < -0.4 is 5.32 Å². The summed E-state index contributed by atoms with van der Waals surface area (Å²) in [5.74, 6) is -1.02. The van der Waals surface area contributed by atoms with Crippen LogP contribution in [0.25, 0.3) is 0 Å². The number of ether oxygens (including phenoxy) is 1. The van der Waals surface area contributed by atoms with Crippen LogP contribution in [0, 0.1) is 0 Å². The van der Waals surface area contributed by atoms with Crippen LogP contribution in [-0.4, -0.2) is 56.5 Å². The number of carbonyl (C=O) groups excluding carboxylic acids is 1.